The number of aromatic nitrogens is 4. The van der Waals surface area contributed by atoms with E-state index in [0.717, 1.165) is 32.0 Å². The van der Waals surface area contributed by atoms with E-state index in [-0.39, 0.29) is 5.75 Å². The maximum atomic E-state index is 12.5. The van der Waals surface area contributed by atoms with Crippen LogP contribution in [-0.2, 0) is 5.75 Å². The summed E-state index contributed by atoms with van der Waals surface area (Å²) in [5.41, 5.74) is 1.78. The first-order valence-corrected chi connectivity index (χ1v) is 11.5. The zero-order valence-electron chi connectivity index (χ0n) is 15.0. The molecule has 0 atom stereocenters. The van der Waals surface area contributed by atoms with Crippen LogP contribution < -0.4 is 0 Å². The predicted octanol–water partition coefficient (Wildman–Crippen LogP) is 6.21. The average Bonchev–Trinajstić information content (AvgIpc) is 3.29. The first kappa shape index (κ1) is 20.2. The third kappa shape index (κ3) is 5.12. The molecule has 4 aromatic rings. The minimum atomic E-state index is -4.18. The van der Waals surface area contributed by atoms with Crippen LogP contribution in [0.2, 0.25) is 0 Å². The van der Waals surface area contributed by atoms with Gasteiger partial charge in [-0.3, -0.25) is 4.57 Å². The molecular formula is C19H15F3N4S3. The van der Waals surface area contributed by atoms with Crippen LogP contribution in [0.15, 0.2) is 64.1 Å². The number of para-hydroxylation sites is 2. The van der Waals surface area contributed by atoms with Gasteiger partial charge < -0.3 is 0 Å². The largest absolute Gasteiger partial charge is 0.389 e. The number of thiazole rings is 1. The van der Waals surface area contributed by atoms with Gasteiger partial charge in [0.05, 0.1) is 22.4 Å². The topological polar surface area (TPSA) is 43.6 Å². The van der Waals surface area contributed by atoms with Gasteiger partial charge in [0.2, 0.25) is 0 Å². The Hall–Kier alpha value is -2.04. The number of nitrogens with zero attached hydrogens (tertiary/aromatic N) is 4. The molecule has 0 aliphatic carbocycles. The van der Waals surface area contributed by atoms with Crippen molar-refractivity contribution in [3.8, 4) is 5.69 Å². The Morgan fingerprint density at radius 3 is 2.45 bits per heavy atom. The van der Waals surface area contributed by atoms with Crippen LogP contribution in [-0.4, -0.2) is 31.7 Å². The van der Waals surface area contributed by atoms with Crippen molar-refractivity contribution in [2.24, 2.45) is 0 Å². The number of fused-ring (bicyclic) bond motifs is 1. The molecule has 0 aliphatic rings. The molecule has 0 unspecified atom stereocenters. The number of hydrogen-bond donors (Lipinski definition) is 0. The lowest BCUT2D eigenvalue weighted by Crippen LogP contribution is -2.09. The minimum Gasteiger partial charge on any atom is -0.273 e. The van der Waals surface area contributed by atoms with E-state index in [9.17, 15) is 13.2 Å². The van der Waals surface area contributed by atoms with Crippen LogP contribution in [0.25, 0.3) is 15.9 Å². The number of benzene rings is 2. The number of rotatable bonds is 7. The van der Waals surface area contributed by atoms with Gasteiger partial charge in [-0.15, -0.1) is 21.5 Å². The van der Waals surface area contributed by atoms with Crippen LogP contribution >= 0.6 is 34.9 Å². The number of hydrogen-bond acceptors (Lipinski definition) is 6. The second-order valence-electron chi connectivity index (χ2n) is 6.02. The van der Waals surface area contributed by atoms with Crippen LogP contribution in [0, 0.1) is 0 Å². The molecule has 4 nitrogen and oxygen atoms in total. The maximum absolute atomic E-state index is 12.5. The molecule has 29 heavy (non-hydrogen) atoms. The average molecular weight is 453 g/mol. The second kappa shape index (κ2) is 8.76. The lowest BCUT2D eigenvalue weighted by molar-refractivity contribution is -0.129. The Balaban J connectivity index is 1.55. The van der Waals surface area contributed by atoms with Crippen molar-refractivity contribution in [3.63, 3.8) is 0 Å². The molecule has 0 radical (unpaired) electrons. The van der Waals surface area contributed by atoms with E-state index in [1.54, 1.807) is 23.1 Å². The number of thioether (sulfide) groups is 2. The smallest absolute Gasteiger partial charge is 0.273 e. The lowest BCUT2D eigenvalue weighted by Gasteiger charge is -2.10. The van der Waals surface area contributed by atoms with E-state index in [0.29, 0.717) is 16.7 Å². The van der Waals surface area contributed by atoms with Gasteiger partial charge in [0, 0.05) is 11.4 Å². The molecule has 0 bridgehead atoms. The molecule has 0 N–H and O–H groups in total. The quantitative estimate of drug-likeness (QED) is 0.312. The van der Waals surface area contributed by atoms with Crippen molar-refractivity contribution in [1.29, 1.82) is 0 Å². The molecule has 0 saturated carbocycles. The molecule has 2 aromatic carbocycles. The summed E-state index contributed by atoms with van der Waals surface area (Å²) in [5.74, 6) is 1.09. The van der Waals surface area contributed by atoms with E-state index in [4.69, 9.17) is 0 Å². The van der Waals surface area contributed by atoms with E-state index >= 15 is 0 Å². The van der Waals surface area contributed by atoms with Crippen LogP contribution in [0.1, 0.15) is 12.2 Å². The minimum absolute atomic E-state index is 0.0977. The molecule has 4 rings (SSSR count). The maximum Gasteiger partial charge on any atom is 0.389 e. The molecule has 2 aromatic heterocycles. The standard InChI is InChI=1S/C19H15F3N4S3/c20-19(21,22)10-11-27-17-25-24-16(26(17)13-6-2-1-3-7-13)12-28-18-23-14-8-4-5-9-15(14)29-18/h1-9H,10-12H2. The summed E-state index contributed by atoms with van der Waals surface area (Å²) < 4.78 is 41.4. The highest BCUT2D eigenvalue weighted by Gasteiger charge is 2.27. The van der Waals surface area contributed by atoms with E-state index in [1.807, 2.05) is 59.2 Å². The normalized spacial score (nSPS) is 12.0. The van der Waals surface area contributed by atoms with Gasteiger partial charge in [-0.1, -0.05) is 53.9 Å². The van der Waals surface area contributed by atoms with Crippen molar-refractivity contribution in [2.75, 3.05) is 5.75 Å². The highest BCUT2D eigenvalue weighted by atomic mass is 32.2. The van der Waals surface area contributed by atoms with Crippen molar-refractivity contribution in [1.82, 2.24) is 19.7 Å². The van der Waals surface area contributed by atoms with Gasteiger partial charge in [0.15, 0.2) is 9.50 Å². The fourth-order valence-corrected chi connectivity index (χ4v) is 5.56. The zero-order chi connectivity index (χ0) is 20.3. The van der Waals surface area contributed by atoms with E-state index in [2.05, 4.69) is 15.2 Å². The summed E-state index contributed by atoms with van der Waals surface area (Å²) in [6, 6.07) is 17.4. The number of halogens is 3. The molecule has 2 heterocycles. The number of alkyl halides is 3. The summed E-state index contributed by atoms with van der Waals surface area (Å²) in [4.78, 5) is 4.61. The fourth-order valence-electron chi connectivity index (χ4n) is 2.62. The molecule has 0 spiro atoms. The third-order valence-corrected chi connectivity index (χ3v) is 7.04. The Bertz CT molecular complexity index is 1060. The molecule has 0 saturated heterocycles. The van der Waals surface area contributed by atoms with E-state index < -0.39 is 12.6 Å². The van der Waals surface area contributed by atoms with Gasteiger partial charge in [-0.05, 0) is 24.3 Å². The predicted molar refractivity (Wildman–Crippen MR) is 112 cm³/mol. The van der Waals surface area contributed by atoms with Gasteiger partial charge in [-0.25, -0.2) is 4.98 Å². The Morgan fingerprint density at radius 2 is 1.69 bits per heavy atom. The van der Waals surface area contributed by atoms with Crippen LogP contribution in [0.3, 0.4) is 0 Å². The molecule has 150 valence electrons. The Labute approximate surface area is 177 Å². The summed E-state index contributed by atoms with van der Waals surface area (Å²) >= 11 is 4.21. The molecular weight excluding hydrogens is 437 g/mol. The monoisotopic (exact) mass is 452 g/mol. The Morgan fingerprint density at radius 1 is 0.931 bits per heavy atom. The highest BCUT2D eigenvalue weighted by Crippen LogP contribution is 2.33. The first-order chi connectivity index (χ1) is 14.0. The Kier molecular flexibility index (Phi) is 6.12. The van der Waals surface area contributed by atoms with Crippen molar-refractivity contribution < 1.29 is 13.2 Å². The zero-order valence-corrected chi connectivity index (χ0v) is 17.4. The highest BCUT2D eigenvalue weighted by molar-refractivity contribution is 8.00. The van der Waals surface area contributed by atoms with Crippen molar-refractivity contribution >= 4 is 45.1 Å². The van der Waals surface area contributed by atoms with Gasteiger partial charge in [0.25, 0.3) is 0 Å². The first-order valence-electron chi connectivity index (χ1n) is 8.67. The molecule has 0 aliphatic heterocycles. The van der Waals surface area contributed by atoms with Gasteiger partial charge >= 0.3 is 6.18 Å². The van der Waals surface area contributed by atoms with Crippen LogP contribution in [0.4, 0.5) is 13.2 Å². The summed E-state index contributed by atoms with van der Waals surface area (Å²) in [6.45, 7) is 0. The fraction of sp³-hybridized carbons (Fsp3) is 0.211. The summed E-state index contributed by atoms with van der Waals surface area (Å²) in [7, 11) is 0. The lowest BCUT2D eigenvalue weighted by atomic mass is 10.3. The molecule has 0 fully saturated rings. The summed E-state index contributed by atoms with van der Waals surface area (Å²) in [5, 5.41) is 8.85. The molecule has 0 amide bonds. The summed E-state index contributed by atoms with van der Waals surface area (Å²) in [6.07, 6.45) is -5.05. The second-order valence-corrected chi connectivity index (χ2v) is 9.33. The third-order valence-electron chi connectivity index (χ3n) is 3.93. The van der Waals surface area contributed by atoms with Gasteiger partial charge in [-0.2, -0.15) is 13.2 Å². The van der Waals surface area contributed by atoms with Crippen molar-refractivity contribution in [2.45, 2.75) is 27.8 Å². The van der Waals surface area contributed by atoms with E-state index in [1.165, 1.54) is 0 Å². The SMILES string of the molecule is FC(F)(F)CCSc1nnc(CSc2nc3ccccc3s2)n1-c1ccccc1. The van der Waals surface area contributed by atoms with Gasteiger partial charge in [0.1, 0.15) is 5.82 Å². The van der Waals surface area contributed by atoms with Crippen LogP contribution in [0.5, 0.6) is 0 Å². The molecule has 10 heteroatoms. The van der Waals surface area contributed by atoms with Crippen molar-refractivity contribution in [3.05, 3.63) is 60.4 Å².